The minimum atomic E-state index is -0.581. The lowest BCUT2D eigenvalue weighted by molar-refractivity contribution is -0.124. The lowest BCUT2D eigenvalue weighted by atomic mass is 9.95. The molecule has 0 aromatic heterocycles. The molecular formula is C16H26N2OS. The van der Waals surface area contributed by atoms with E-state index in [1.165, 1.54) is 10.5 Å². The molecule has 0 aliphatic rings. The van der Waals surface area contributed by atoms with E-state index in [9.17, 15) is 4.79 Å². The molecule has 3 nitrogen and oxygen atoms in total. The topological polar surface area (TPSA) is 55.1 Å². The van der Waals surface area contributed by atoms with Crippen LogP contribution in [0.15, 0.2) is 29.2 Å². The van der Waals surface area contributed by atoms with Crippen LogP contribution >= 0.6 is 11.8 Å². The Morgan fingerprint density at radius 2 is 2.10 bits per heavy atom. The van der Waals surface area contributed by atoms with E-state index >= 15 is 0 Å². The number of aryl methyl sites for hydroxylation is 1. The van der Waals surface area contributed by atoms with E-state index in [2.05, 4.69) is 43.4 Å². The normalized spacial score (nSPS) is 13.9. The molecule has 3 N–H and O–H groups in total. The molecule has 0 aliphatic heterocycles. The second-order valence-electron chi connectivity index (χ2n) is 5.34. The van der Waals surface area contributed by atoms with Crippen LogP contribution in [0.4, 0.5) is 0 Å². The van der Waals surface area contributed by atoms with Gasteiger partial charge in [0.1, 0.15) is 0 Å². The Bertz CT molecular complexity index is 436. The fourth-order valence-electron chi connectivity index (χ4n) is 2.03. The molecule has 0 heterocycles. The van der Waals surface area contributed by atoms with Gasteiger partial charge in [-0.25, -0.2) is 0 Å². The van der Waals surface area contributed by atoms with Gasteiger partial charge in [-0.3, -0.25) is 4.79 Å². The number of benzene rings is 1. The molecule has 1 aromatic rings. The second kappa shape index (κ2) is 8.32. The molecular weight excluding hydrogens is 268 g/mol. The summed E-state index contributed by atoms with van der Waals surface area (Å²) in [7, 11) is 0. The Hall–Kier alpha value is -1.00. The Kier molecular flexibility index (Phi) is 7.10. The molecule has 1 unspecified atom stereocenters. The minimum Gasteiger partial charge on any atom is -0.368 e. The number of carbonyl (C=O) groups excluding carboxylic acids is 1. The highest BCUT2D eigenvalue weighted by Gasteiger charge is 2.29. The Morgan fingerprint density at radius 1 is 1.40 bits per heavy atom. The van der Waals surface area contributed by atoms with Crippen molar-refractivity contribution in [3.05, 3.63) is 29.8 Å². The van der Waals surface area contributed by atoms with Crippen molar-refractivity contribution in [1.82, 2.24) is 5.32 Å². The Labute approximate surface area is 126 Å². The number of nitrogens with one attached hydrogen (secondary N) is 1. The quantitative estimate of drug-likeness (QED) is 0.543. The van der Waals surface area contributed by atoms with Crippen molar-refractivity contribution in [2.24, 2.45) is 5.73 Å². The summed E-state index contributed by atoms with van der Waals surface area (Å²) < 4.78 is 0. The van der Waals surface area contributed by atoms with Crippen molar-refractivity contribution in [1.29, 1.82) is 0 Å². The van der Waals surface area contributed by atoms with Gasteiger partial charge in [-0.2, -0.15) is 0 Å². The summed E-state index contributed by atoms with van der Waals surface area (Å²) in [6.45, 7) is 6.94. The van der Waals surface area contributed by atoms with E-state index in [0.717, 1.165) is 31.6 Å². The fraction of sp³-hybridized carbons (Fsp3) is 0.562. The molecule has 112 valence electrons. The summed E-state index contributed by atoms with van der Waals surface area (Å²) >= 11 is 1.84. The molecule has 0 saturated carbocycles. The highest BCUT2D eigenvalue weighted by molar-refractivity contribution is 7.99. The molecule has 1 amide bonds. The van der Waals surface area contributed by atoms with Gasteiger partial charge < -0.3 is 11.1 Å². The van der Waals surface area contributed by atoms with Crippen LogP contribution in [0.2, 0.25) is 0 Å². The predicted molar refractivity (Wildman–Crippen MR) is 87.0 cm³/mol. The minimum absolute atomic E-state index is 0.258. The molecule has 1 rings (SSSR count). The monoisotopic (exact) mass is 294 g/mol. The lowest BCUT2D eigenvalue weighted by Crippen LogP contribution is -2.53. The number of nitrogens with two attached hydrogens (primary N) is 1. The number of carbonyl (C=O) groups is 1. The van der Waals surface area contributed by atoms with Gasteiger partial charge in [0.2, 0.25) is 5.91 Å². The van der Waals surface area contributed by atoms with Crippen molar-refractivity contribution < 1.29 is 4.79 Å². The van der Waals surface area contributed by atoms with Gasteiger partial charge in [-0.1, -0.05) is 25.1 Å². The maximum atomic E-state index is 11.6. The van der Waals surface area contributed by atoms with Gasteiger partial charge >= 0.3 is 0 Å². The third-order valence-electron chi connectivity index (χ3n) is 3.48. The van der Waals surface area contributed by atoms with Gasteiger partial charge in [0.25, 0.3) is 0 Å². The number of hydrogen-bond acceptors (Lipinski definition) is 3. The molecule has 20 heavy (non-hydrogen) atoms. The van der Waals surface area contributed by atoms with Gasteiger partial charge in [-0.15, -0.1) is 11.8 Å². The highest BCUT2D eigenvalue weighted by Crippen LogP contribution is 2.24. The first-order chi connectivity index (χ1) is 9.49. The van der Waals surface area contributed by atoms with Gasteiger partial charge in [0.15, 0.2) is 0 Å². The third-order valence-corrected chi connectivity index (χ3v) is 4.74. The van der Waals surface area contributed by atoms with Crippen molar-refractivity contribution in [3.8, 4) is 0 Å². The van der Waals surface area contributed by atoms with E-state index < -0.39 is 5.54 Å². The SMILES string of the molecule is CCCNC(C)(CCCSc1ccccc1C)C(N)=O. The van der Waals surface area contributed by atoms with Crippen molar-refractivity contribution in [2.45, 2.75) is 50.5 Å². The smallest absolute Gasteiger partial charge is 0.237 e. The fourth-order valence-corrected chi connectivity index (χ4v) is 3.00. The maximum Gasteiger partial charge on any atom is 0.237 e. The zero-order valence-electron chi connectivity index (χ0n) is 12.7. The van der Waals surface area contributed by atoms with Crippen LogP contribution in [-0.2, 0) is 4.79 Å². The Balaban J connectivity index is 2.41. The maximum absolute atomic E-state index is 11.6. The summed E-state index contributed by atoms with van der Waals surface area (Å²) in [5.74, 6) is 0.744. The van der Waals surface area contributed by atoms with E-state index in [1.807, 2.05) is 18.7 Å². The lowest BCUT2D eigenvalue weighted by Gasteiger charge is -2.27. The van der Waals surface area contributed by atoms with Crippen molar-refractivity contribution in [3.63, 3.8) is 0 Å². The van der Waals surface area contributed by atoms with Crippen LogP contribution < -0.4 is 11.1 Å². The van der Waals surface area contributed by atoms with E-state index in [4.69, 9.17) is 5.73 Å². The zero-order chi connectivity index (χ0) is 15.0. The number of hydrogen-bond donors (Lipinski definition) is 2. The van der Waals surface area contributed by atoms with Crippen molar-refractivity contribution >= 4 is 17.7 Å². The number of rotatable bonds is 9. The summed E-state index contributed by atoms with van der Waals surface area (Å²) in [5.41, 5.74) is 6.24. The molecule has 0 bridgehead atoms. The van der Waals surface area contributed by atoms with Crippen LogP contribution in [0.3, 0.4) is 0 Å². The second-order valence-corrected chi connectivity index (χ2v) is 6.48. The van der Waals surface area contributed by atoms with Gasteiger partial charge in [0.05, 0.1) is 5.54 Å². The Morgan fingerprint density at radius 3 is 2.70 bits per heavy atom. The van der Waals surface area contributed by atoms with Crippen LogP contribution in [0.25, 0.3) is 0 Å². The van der Waals surface area contributed by atoms with Crippen molar-refractivity contribution in [2.75, 3.05) is 12.3 Å². The van der Waals surface area contributed by atoms with Crippen LogP contribution in [0.5, 0.6) is 0 Å². The van der Waals surface area contributed by atoms with Gasteiger partial charge in [0, 0.05) is 4.90 Å². The van der Waals surface area contributed by atoms with Crippen LogP contribution in [-0.4, -0.2) is 23.7 Å². The third kappa shape index (κ3) is 5.17. The molecule has 0 saturated heterocycles. The van der Waals surface area contributed by atoms with E-state index in [1.54, 1.807) is 0 Å². The van der Waals surface area contributed by atoms with Crippen LogP contribution in [0.1, 0.15) is 38.7 Å². The first kappa shape index (κ1) is 17.1. The number of primary amides is 1. The van der Waals surface area contributed by atoms with E-state index in [-0.39, 0.29) is 5.91 Å². The predicted octanol–water partition coefficient (Wildman–Crippen LogP) is 3.11. The molecule has 0 aliphatic carbocycles. The summed E-state index contributed by atoms with van der Waals surface area (Å²) in [6.07, 6.45) is 2.75. The molecule has 0 radical (unpaired) electrons. The highest BCUT2D eigenvalue weighted by atomic mass is 32.2. The van der Waals surface area contributed by atoms with Gasteiger partial charge in [-0.05, 0) is 57.0 Å². The summed E-state index contributed by atoms with van der Waals surface area (Å²) in [6, 6.07) is 8.38. The molecule has 0 spiro atoms. The zero-order valence-corrected chi connectivity index (χ0v) is 13.6. The largest absolute Gasteiger partial charge is 0.368 e. The average molecular weight is 294 g/mol. The van der Waals surface area contributed by atoms with E-state index in [0.29, 0.717) is 0 Å². The standard InChI is InChI=1S/C16H26N2OS/c1-4-11-18-16(3,15(17)19)10-7-12-20-14-9-6-5-8-13(14)2/h5-6,8-9,18H,4,7,10-12H2,1-3H3,(H2,17,19). The molecule has 1 atom stereocenters. The number of thioether (sulfide) groups is 1. The van der Waals surface area contributed by atoms with Crippen LogP contribution in [0, 0.1) is 6.92 Å². The summed E-state index contributed by atoms with van der Waals surface area (Å²) in [4.78, 5) is 12.9. The first-order valence-electron chi connectivity index (χ1n) is 7.23. The molecule has 4 heteroatoms. The number of amides is 1. The summed E-state index contributed by atoms with van der Waals surface area (Å²) in [5, 5.41) is 3.27. The molecule has 0 fully saturated rings. The first-order valence-corrected chi connectivity index (χ1v) is 8.21. The molecule has 1 aromatic carbocycles. The average Bonchev–Trinajstić information content (AvgIpc) is 2.43.